The van der Waals surface area contributed by atoms with E-state index >= 15 is 0 Å². The number of nitrogens with zero attached hydrogens (tertiary/aromatic N) is 5. The molecule has 12 rings (SSSR count). The van der Waals surface area contributed by atoms with Crippen molar-refractivity contribution in [1.29, 1.82) is 0 Å². The number of rotatable bonds is 25. The number of alkyl halides is 1. The Bertz CT molecular complexity index is 5760. The van der Waals surface area contributed by atoms with Crippen LogP contribution in [0.2, 0.25) is 15.1 Å². The number of halogens is 10. The van der Waals surface area contributed by atoms with Crippen molar-refractivity contribution in [3.63, 3.8) is 0 Å². The average molecular weight is 1850 g/mol. The van der Waals surface area contributed by atoms with Crippen molar-refractivity contribution in [2.24, 2.45) is 0 Å². The Kier molecular flexibility index (Phi) is 35.1. The van der Waals surface area contributed by atoms with Gasteiger partial charge in [-0.05, 0) is 133 Å². The number of Topliss-reactive ketones (excluding diaryl/α,β-unsaturated/α-hetero) is 4. The van der Waals surface area contributed by atoms with Gasteiger partial charge >= 0.3 is 5.97 Å². The van der Waals surface area contributed by atoms with E-state index in [1.165, 1.54) is 214 Å². The van der Waals surface area contributed by atoms with Crippen LogP contribution in [0.5, 0.6) is 34.5 Å². The van der Waals surface area contributed by atoms with Gasteiger partial charge < -0.3 is 64.3 Å². The number of pyridine rings is 5. The number of ether oxygens (including phenoxy) is 6. The third-order valence-corrected chi connectivity index (χ3v) is 17.8. The standard InChI is InChI=1S/C28H22ClF2N3O5.C27H19ClF2N3O5.C25H17ClF2N2O3.C3H4ClO2.2Y/c1-15(38-16(2)35)34-13-20(18-4-6-19(30)7-5-18)27(37)21(14-34)23(36)12-17-3-8-24(22(31)11-17)39-25-9-10-33-28(32)26(25)29;1-15(37-14-34)33-12-19(17-3-5-18(29)6-4-17)26(36)20(13-33)22(35)11-16-2-7-23(21(30)10-16)38-24-8-9-32-27(31)25(24)28;26-23-22(10-11-30-25(23)29)33-21-9-4-14(12-19(21)28)13-20(31)18-3-1-2-17(24(18)32)15-5-7-16(27)8-6-15;1-3(4)6-2-5;;/h3-11,13-15H,12H2,1-2H3,(H2,32,33);2-10,12-13,15H,11H2,1H3,(H2,31,32);2-12H,1,13H2,(H2,29,30);3H,1H3;;/q;-1;;-1;;. The molecule has 2 radical (unpaired) electrons. The number of nitrogen functional groups attached to an aromatic ring is 3. The van der Waals surface area contributed by atoms with Crippen LogP contribution in [-0.2, 0) is 123 Å². The summed E-state index contributed by atoms with van der Waals surface area (Å²) in [6.07, 6.45) is 10.5. The van der Waals surface area contributed by atoms with Gasteiger partial charge in [0.15, 0.2) is 92.2 Å². The van der Waals surface area contributed by atoms with Gasteiger partial charge in [-0.25, -0.2) is 41.3 Å². The Balaban J connectivity index is 0.000000234. The van der Waals surface area contributed by atoms with Gasteiger partial charge in [0.2, 0.25) is 0 Å². The van der Waals surface area contributed by atoms with E-state index in [2.05, 4.69) is 19.7 Å². The Morgan fingerprint density at radius 1 is 0.466 bits per heavy atom. The number of carbonyl (C=O) groups excluding carboxylic acids is 7. The molecule has 602 valence electrons. The van der Waals surface area contributed by atoms with E-state index in [0.29, 0.717) is 34.2 Å². The van der Waals surface area contributed by atoms with Crippen molar-refractivity contribution >= 4 is 111 Å². The van der Waals surface area contributed by atoms with Crippen molar-refractivity contribution < 1.29 is 154 Å². The normalized spacial score (nSPS) is 12.0. The molecule has 1 aliphatic carbocycles. The number of esters is 1. The maximum Gasteiger partial charge on any atom is 0.304 e. The quantitative estimate of drug-likeness (QED) is 0.00910. The van der Waals surface area contributed by atoms with Crippen LogP contribution < -0.4 is 42.3 Å². The predicted octanol–water partition coefficient (Wildman–Crippen LogP) is 17.1. The van der Waals surface area contributed by atoms with Crippen molar-refractivity contribution in [2.75, 3.05) is 17.2 Å². The third kappa shape index (κ3) is 25.3. The zero-order valence-electron chi connectivity index (χ0n) is 62.1. The molecule has 0 spiro atoms. The molecule has 5 heterocycles. The molecule has 0 bridgehead atoms. The molecular weight excluding hydrogens is 1780 g/mol. The van der Waals surface area contributed by atoms with E-state index in [-0.39, 0.29) is 191 Å². The zero-order valence-corrected chi connectivity index (χ0v) is 70.8. The number of allylic oxidation sites excluding steroid dienone is 4. The number of hydrogen-bond donors (Lipinski definition) is 3. The van der Waals surface area contributed by atoms with Gasteiger partial charge in [0.1, 0.15) is 61.8 Å². The van der Waals surface area contributed by atoms with Gasteiger partial charge in [-0.1, -0.05) is 126 Å². The van der Waals surface area contributed by atoms with Gasteiger partial charge in [0.25, 0.3) is 0 Å². The molecule has 6 N–H and O–H groups in total. The van der Waals surface area contributed by atoms with Crippen molar-refractivity contribution in [3.8, 4) is 56.8 Å². The first kappa shape index (κ1) is 94.1. The van der Waals surface area contributed by atoms with Crippen LogP contribution in [0.1, 0.15) is 89.5 Å². The summed E-state index contributed by atoms with van der Waals surface area (Å²) < 4.78 is 118. The van der Waals surface area contributed by atoms with Crippen LogP contribution in [0, 0.1) is 34.9 Å². The minimum Gasteiger partial charge on any atom is -0.640 e. The topological polar surface area (TPSA) is 336 Å². The predicted molar refractivity (Wildman–Crippen MR) is 420 cm³/mol. The number of aromatic nitrogens is 5. The van der Waals surface area contributed by atoms with E-state index in [0.717, 1.165) is 18.2 Å². The number of benzene rings is 6. The maximum atomic E-state index is 14.8. The van der Waals surface area contributed by atoms with Crippen LogP contribution in [0.25, 0.3) is 27.8 Å². The molecule has 118 heavy (non-hydrogen) atoms. The second-order valence-corrected chi connectivity index (χ2v) is 26.5. The van der Waals surface area contributed by atoms with Gasteiger partial charge in [-0.3, -0.25) is 33.6 Å². The molecule has 3 unspecified atom stereocenters. The van der Waals surface area contributed by atoms with E-state index in [9.17, 15) is 69.5 Å². The zero-order chi connectivity index (χ0) is 84.2. The molecule has 0 saturated heterocycles. The second-order valence-electron chi connectivity index (χ2n) is 24.7. The molecular formula is C83H62Cl4F6N8O15Y2-2. The van der Waals surface area contributed by atoms with Crippen molar-refractivity contribution in [3.05, 3.63) is 310 Å². The summed E-state index contributed by atoms with van der Waals surface area (Å²) in [4.78, 5) is 121. The molecule has 5 aromatic heterocycles. The first-order chi connectivity index (χ1) is 55.3. The fourth-order valence-electron chi connectivity index (χ4n) is 10.9. The minimum atomic E-state index is -0.901. The van der Waals surface area contributed by atoms with E-state index in [4.69, 9.17) is 87.3 Å². The van der Waals surface area contributed by atoms with Crippen LogP contribution >= 0.6 is 46.4 Å². The minimum absolute atomic E-state index is 0. The Hall–Kier alpha value is -11.0. The van der Waals surface area contributed by atoms with Crippen LogP contribution in [-0.4, -0.2) is 71.7 Å². The van der Waals surface area contributed by atoms with E-state index < -0.39 is 92.9 Å². The fourth-order valence-corrected chi connectivity index (χ4v) is 11.4. The summed E-state index contributed by atoms with van der Waals surface area (Å²) in [6, 6.07) is 31.9. The number of nitrogens with two attached hydrogens (primary N) is 3. The summed E-state index contributed by atoms with van der Waals surface area (Å²) >= 11 is 23.2. The summed E-state index contributed by atoms with van der Waals surface area (Å²) in [6.45, 7) is 8.33. The largest absolute Gasteiger partial charge is 0.640 e. The van der Waals surface area contributed by atoms with Gasteiger partial charge in [-0.2, -0.15) is 0 Å². The second kappa shape index (κ2) is 44.0. The Morgan fingerprint density at radius 3 is 1.14 bits per heavy atom. The molecule has 0 saturated carbocycles. The molecule has 23 nitrogen and oxygen atoms in total. The Morgan fingerprint density at radius 2 is 0.814 bits per heavy atom. The van der Waals surface area contributed by atoms with Crippen molar-refractivity contribution in [1.82, 2.24) is 24.1 Å². The first-order valence-corrected chi connectivity index (χ1v) is 35.7. The Labute approximate surface area is 738 Å². The van der Waals surface area contributed by atoms with Gasteiger partial charge in [0, 0.05) is 170 Å². The molecule has 0 aliphatic heterocycles. The van der Waals surface area contributed by atoms with Crippen LogP contribution in [0.3, 0.4) is 0 Å². The molecule has 1 aliphatic rings. The molecule has 3 atom stereocenters. The fraction of sp³-hybridized carbons (Fsp3) is 0.133. The number of hydrogen-bond acceptors (Lipinski definition) is 21. The smallest absolute Gasteiger partial charge is 0.304 e. The average Bonchev–Trinajstić information content (AvgIpc) is 0.794. The third-order valence-electron chi connectivity index (χ3n) is 16.6. The first-order valence-electron chi connectivity index (χ1n) is 34.1. The summed E-state index contributed by atoms with van der Waals surface area (Å²) in [5.74, 6) is -6.32. The van der Waals surface area contributed by atoms with Gasteiger partial charge in [-0.15, -0.1) is 0 Å². The van der Waals surface area contributed by atoms with Crippen LogP contribution in [0.4, 0.5) is 43.8 Å². The SMILES string of the molecule is CC(=O)OC(C)n1cc(C(=O)Cc2ccc(Oc3ccnc(N)c3Cl)c(F)c2)c(=O)c(-c2ccc(F)cc2)c1.CC(Cl)O[C-]=O.CC(O[C-]=O)n1cc(C(=O)Cc2ccc(Oc3ccnc(N)c3Cl)c(F)c2)c(=O)c(-c2ccc(F)cc2)c1.Nc1nccc(Oc2ccc(CC(=O)C3=CCC=C(c4ccc(F)cc4)C3=O)cc2F)c1Cl.[Y].[Y]. The number of anilines is 3. The van der Waals surface area contributed by atoms with Gasteiger partial charge in [0.05, 0.1) is 16.7 Å². The molecule has 0 fully saturated rings. The van der Waals surface area contributed by atoms with Crippen molar-refractivity contribution in [2.45, 2.75) is 71.4 Å². The summed E-state index contributed by atoms with van der Waals surface area (Å²) in [7, 11) is 0. The van der Waals surface area contributed by atoms with Crippen LogP contribution in [0.15, 0.2) is 216 Å². The molecule has 35 heteroatoms. The monoisotopic (exact) mass is 1840 g/mol. The molecule has 6 aromatic carbocycles. The van der Waals surface area contributed by atoms with E-state index in [1.54, 1.807) is 19.1 Å². The summed E-state index contributed by atoms with van der Waals surface area (Å²) in [5.41, 5.74) is 17.4. The summed E-state index contributed by atoms with van der Waals surface area (Å²) in [5, 5.41) is 0.106. The number of ketones is 4. The number of carbonyl (C=O) groups is 5. The van der Waals surface area contributed by atoms with E-state index in [1.807, 2.05) is 0 Å². The molecule has 11 aromatic rings. The molecule has 0 amide bonds. The maximum absolute atomic E-state index is 14.8.